The van der Waals surface area contributed by atoms with Crippen molar-refractivity contribution in [2.24, 2.45) is 11.8 Å². The summed E-state index contributed by atoms with van der Waals surface area (Å²) in [6.07, 6.45) is 7.13. The van der Waals surface area contributed by atoms with Crippen LogP contribution < -0.4 is 5.32 Å². The summed E-state index contributed by atoms with van der Waals surface area (Å²) in [7, 11) is 0. The van der Waals surface area contributed by atoms with Crippen LogP contribution in [-0.4, -0.2) is 12.1 Å². The number of hydrogen-bond donors (Lipinski definition) is 1. The molecule has 0 saturated heterocycles. The summed E-state index contributed by atoms with van der Waals surface area (Å²) in [4.78, 5) is 0. The SMILES string of the molecule is CCC(NC1CC(C)C1)C1CC1. The lowest BCUT2D eigenvalue weighted by atomic mass is 9.81. The number of nitrogens with one attached hydrogen (secondary N) is 1. The van der Waals surface area contributed by atoms with E-state index in [9.17, 15) is 0 Å². The van der Waals surface area contributed by atoms with Gasteiger partial charge in [0.15, 0.2) is 0 Å². The summed E-state index contributed by atoms with van der Waals surface area (Å²) in [5.74, 6) is 2.02. The normalized spacial score (nSPS) is 37.5. The van der Waals surface area contributed by atoms with Gasteiger partial charge in [-0.25, -0.2) is 0 Å². The van der Waals surface area contributed by atoms with Crippen LogP contribution in [0.25, 0.3) is 0 Å². The average molecular weight is 167 g/mol. The van der Waals surface area contributed by atoms with E-state index < -0.39 is 0 Å². The Kier molecular flexibility index (Phi) is 2.40. The third kappa shape index (κ3) is 1.82. The van der Waals surface area contributed by atoms with E-state index in [1.54, 1.807) is 0 Å². The third-order valence-corrected chi connectivity index (χ3v) is 3.45. The van der Waals surface area contributed by atoms with E-state index in [-0.39, 0.29) is 0 Å². The Hall–Kier alpha value is -0.0400. The van der Waals surface area contributed by atoms with Gasteiger partial charge in [-0.15, -0.1) is 0 Å². The molecule has 70 valence electrons. The molecule has 2 rings (SSSR count). The van der Waals surface area contributed by atoms with E-state index in [1.165, 1.54) is 32.1 Å². The monoisotopic (exact) mass is 167 g/mol. The van der Waals surface area contributed by atoms with Gasteiger partial charge >= 0.3 is 0 Å². The maximum absolute atomic E-state index is 3.80. The van der Waals surface area contributed by atoms with Crippen molar-refractivity contribution in [2.45, 2.75) is 58.0 Å². The fourth-order valence-electron chi connectivity index (χ4n) is 2.43. The minimum Gasteiger partial charge on any atom is -0.311 e. The van der Waals surface area contributed by atoms with Gasteiger partial charge in [0.05, 0.1) is 0 Å². The van der Waals surface area contributed by atoms with Crippen LogP contribution in [0, 0.1) is 11.8 Å². The van der Waals surface area contributed by atoms with Gasteiger partial charge in [0.2, 0.25) is 0 Å². The van der Waals surface area contributed by atoms with E-state index in [1.807, 2.05) is 0 Å². The summed E-state index contributed by atoms with van der Waals surface area (Å²) in [6, 6.07) is 1.72. The zero-order valence-corrected chi connectivity index (χ0v) is 8.34. The topological polar surface area (TPSA) is 12.0 Å². The van der Waals surface area contributed by atoms with Crippen LogP contribution in [0.3, 0.4) is 0 Å². The first-order valence-electron chi connectivity index (χ1n) is 5.55. The minimum atomic E-state index is 0.850. The number of rotatable bonds is 4. The van der Waals surface area contributed by atoms with E-state index in [2.05, 4.69) is 19.2 Å². The van der Waals surface area contributed by atoms with Crippen molar-refractivity contribution in [2.75, 3.05) is 0 Å². The quantitative estimate of drug-likeness (QED) is 0.678. The van der Waals surface area contributed by atoms with Crippen molar-refractivity contribution in [3.8, 4) is 0 Å². The van der Waals surface area contributed by atoms with Gasteiger partial charge in [0.1, 0.15) is 0 Å². The van der Waals surface area contributed by atoms with Crippen LogP contribution >= 0.6 is 0 Å². The van der Waals surface area contributed by atoms with Gasteiger partial charge in [-0.05, 0) is 43.9 Å². The molecule has 1 heteroatoms. The molecule has 2 aliphatic rings. The Morgan fingerprint density at radius 1 is 1.33 bits per heavy atom. The Morgan fingerprint density at radius 3 is 2.42 bits per heavy atom. The van der Waals surface area contributed by atoms with Crippen molar-refractivity contribution in [1.29, 1.82) is 0 Å². The summed E-state index contributed by atoms with van der Waals surface area (Å²) in [5, 5.41) is 3.80. The van der Waals surface area contributed by atoms with Crippen molar-refractivity contribution in [1.82, 2.24) is 5.32 Å². The molecule has 2 saturated carbocycles. The zero-order chi connectivity index (χ0) is 8.55. The molecule has 0 bridgehead atoms. The van der Waals surface area contributed by atoms with Crippen LogP contribution in [0.2, 0.25) is 0 Å². The third-order valence-electron chi connectivity index (χ3n) is 3.45. The zero-order valence-electron chi connectivity index (χ0n) is 8.34. The van der Waals surface area contributed by atoms with Gasteiger partial charge in [-0.2, -0.15) is 0 Å². The lowest BCUT2D eigenvalue weighted by molar-refractivity contribution is 0.212. The number of hydrogen-bond acceptors (Lipinski definition) is 1. The second-order valence-corrected chi connectivity index (χ2v) is 4.79. The predicted octanol–water partition coefficient (Wildman–Crippen LogP) is 2.56. The van der Waals surface area contributed by atoms with E-state index >= 15 is 0 Å². The molecule has 0 aromatic carbocycles. The highest BCUT2D eigenvalue weighted by Gasteiger charge is 2.34. The molecule has 1 nitrogen and oxygen atoms in total. The van der Waals surface area contributed by atoms with Gasteiger partial charge in [0, 0.05) is 12.1 Å². The van der Waals surface area contributed by atoms with Crippen LogP contribution in [0.15, 0.2) is 0 Å². The van der Waals surface area contributed by atoms with Crippen LogP contribution in [0.5, 0.6) is 0 Å². The molecule has 0 heterocycles. The Bertz CT molecular complexity index is 145. The highest BCUT2D eigenvalue weighted by Crippen LogP contribution is 2.36. The van der Waals surface area contributed by atoms with Gasteiger partial charge in [-0.3, -0.25) is 0 Å². The minimum absolute atomic E-state index is 0.850. The van der Waals surface area contributed by atoms with Crippen molar-refractivity contribution in [3.05, 3.63) is 0 Å². The van der Waals surface area contributed by atoms with Crippen LogP contribution in [-0.2, 0) is 0 Å². The molecule has 0 aliphatic heterocycles. The molecular formula is C11H21N. The molecule has 12 heavy (non-hydrogen) atoms. The largest absolute Gasteiger partial charge is 0.311 e. The van der Waals surface area contributed by atoms with Gasteiger partial charge in [-0.1, -0.05) is 13.8 Å². The fraction of sp³-hybridized carbons (Fsp3) is 1.00. The second-order valence-electron chi connectivity index (χ2n) is 4.79. The summed E-state index contributed by atoms with van der Waals surface area (Å²) in [5.41, 5.74) is 0. The van der Waals surface area contributed by atoms with Crippen molar-refractivity contribution < 1.29 is 0 Å². The molecule has 0 aromatic rings. The fourth-order valence-corrected chi connectivity index (χ4v) is 2.43. The first-order chi connectivity index (χ1) is 5.79. The first kappa shape index (κ1) is 8.55. The molecule has 1 atom stereocenters. The molecular weight excluding hydrogens is 146 g/mol. The molecule has 0 amide bonds. The summed E-state index contributed by atoms with van der Waals surface area (Å²) in [6.45, 7) is 4.67. The van der Waals surface area contributed by atoms with Crippen LogP contribution in [0.1, 0.15) is 46.0 Å². The molecule has 2 fully saturated rings. The lowest BCUT2D eigenvalue weighted by Gasteiger charge is -2.36. The standard InChI is InChI=1S/C11H21N/c1-3-11(9-4-5-9)12-10-6-8(2)7-10/h8-12H,3-7H2,1-2H3. The van der Waals surface area contributed by atoms with E-state index in [4.69, 9.17) is 0 Å². The van der Waals surface area contributed by atoms with Crippen LogP contribution in [0.4, 0.5) is 0 Å². The first-order valence-corrected chi connectivity index (χ1v) is 5.55. The van der Waals surface area contributed by atoms with Gasteiger partial charge < -0.3 is 5.32 Å². The summed E-state index contributed by atoms with van der Waals surface area (Å²) >= 11 is 0. The molecule has 0 aromatic heterocycles. The van der Waals surface area contributed by atoms with E-state index in [0.717, 1.165) is 23.9 Å². The van der Waals surface area contributed by atoms with Crippen molar-refractivity contribution in [3.63, 3.8) is 0 Å². The Morgan fingerprint density at radius 2 is 2.00 bits per heavy atom. The van der Waals surface area contributed by atoms with Gasteiger partial charge in [0.25, 0.3) is 0 Å². The Balaban J connectivity index is 1.69. The van der Waals surface area contributed by atoms with Crippen molar-refractivity contribution >= 4 is 0 Å². The van der Waals surface area contributed by atoms with E-state index in [0.29, 0.717) is 0 Å². The Labute approximate surface area is 75.9 Å². The highest BCUT2D eigenvalue weighted by molar-refractivity contribution is 4.91. The lowest BCUT2D eigenvalue weighted by Crippen LogP contribution is -2.46. The average Bonchev–Trinajstić information content (AvgIpc) is 2.78. The maximum Gasteiger partial charge on any atom is 0.00952 e. The molecule has 1 N–H and O–H groups in total. The highest BCUT2D eigenvalue weighted by atomic mass is 15.0. The molecule has 2 aliphatic carbocycles. The second kappa shape index (κ2) is 3.37. The smallest absolute Gasteiger partial charge is 0.00952 e. The molecule has 1 unspecified atom stereocenters. The molecule has 0 spiro atoms. The summed E-state index contributed by atoms with van der Waals surface area (Å²) < 4.78 is 0. The maximum atomic E-state index is 3.80. The molecule has 0 radical (unpaired) electrons. The predicted molar refractivity (Wildman–Crippen MR) is 52.1 cm³/mol.